The SMILES string of the molecule is OC[C@H]1CCN(Cc2cc(Cl)cc(Cl)c2)C1. The topological polar surface area (TPSA) is 23.5 Å². The predicted molar refractivity (Wildman–Crippen MR) is 66.9 cm³/mol. The molecule has 2 nitrogen and oxygen atoms in total. The van der Waals surface area contributed by atoms with Crippen molar-refractivity contribution in [1.82, 2.24) is 4.90 Å². The second-order valence-corrected chi connectivity index (χ2v) is 5.22. The molecule has 1 aliphatic rings. The number of rotatable bonds is 3. The van der Waals surface area contributed by atoms with Gasteiger partial charge in [-0.1, -0.05) is 23.2 Å². The Kier molecular flexibility index (Phi) is 4.09. The van der Waals surface area contributed by atoms with E-state index in [1.54, 1.807) is 6.07 Å². The molecule has 0 aromatic heterocycles. The van der Waals surface area contributed by atoms with Crippen LogP contribution in [-0.4, -0.2) is 29.7 Å². The van der Waals surface area contributed by atoms with E-state index in [0.717, 1.165) is 31.6 Å². The number of halogens is 2. The van der Waals surface area contributed by atoms with E-state index in [1.165, 1.54) is 0 Å². The van der Waals surface area contributed by atoms with Gasteiger partial charge in [-0.25, -0.2) is 0 Å². The van der Waals surface area contributed by atoms with Gasteiger partial charge in [0.15, 0.2) is 0 Å². The molecule has 0 saturated carbocycles. The maximum absolute atomic E-state index is 9.07. The van der Waals surface area contributed by atoms with Crippen LogP contribution in [0.2, 0.25) is 10.0 Å². The molecular weight excluding hydrogens is 245 g/mol. The first-order valence-corrected chi connectivity index (χ1v) is 6.21. The minimum atomic E-state index is 0.285. The van der Waals surface area contributed by atoms with E-state index < -0.39 is 0 Å². The molecule has 1 atom stereocenters. The first-order valence-electron chi connectivity index (χ1n) is 5.45. The summed E-state index contributed by atoms with van der Waals surface area (Å²) in [5, 5.41) is 10.4. The highest BCUT2D eigenvalue weighted by atomic mass is 35.5. The number of hydrogen-bond donors (Lipinski definition) is 1. The number of likely N-dealkylation sites (tertiary alicyclic amines) is 1. The number of aliphatic hydroxyl groups excluding tert-OH is 1. The van der Waals surface area contributed by atoms with Crippen molar-refractivity contribution >= 4 is 23.2 Å². The van der Waals surface area contributed by atoms with Crippen molar-refractivity contribution in [2.45, 2.75) is 13.0 Å². The standard InChI is InChI=1S/C12H15Cl2NO/c13-11-3-10(4-12(14)5-11)7-15-2-1-9(6-15)8-16/h3-5,9,16H,1-2,6-8H2/t9-/m0/s1. The summed E-state index contributed by atoms with van der Waals surface area (Å²) < 4.78 is 0. The molecule has 0 radical (unpaired) electrons. The summed E-state index contributed by atoms with van der Waals surface area (Å²) in [7, 11) is 0. The predicted octanol–water partition coefficient (Wildman–Crippen LogP) is 2.81. The number of hydrogen-bond acceptors (Lipinski definition) is 2. The first-order chi connectivity index (χ1) is 7.67. The summed E-state index contributed by atoms with van der Waals surface area (Å²) in [6.07, 6.45) is 1.07. The molecule has 2 rings (SSSR count). The van der Waals surface area contributed by atoms with Crippen molar-refractivity contribution in [2.75, 3.05) is 19.7 Å². The van der Waals surface area contributed by atoms with Crippen LogP contribution in [0.5, 0.6) is 0 Å². The van der Waals surface area contributed by atoms with Gasteiger partial charge in [0.1, 0.15) is 0 Å². The molecule has 88 valence electrons. The van der Waals surface area contributed by atoms with E-state index in [4.69, 9.17) is 28.3 Å². The van der Waals surface area contributed by atoms with Gasteiger partial charge in [0, 0.05) is 29.7 Å². The molecule has 1 saturated heterocycles. The third-order valence-electron chi connectivity index (χ3n) is 2.96. The van der Waals surface area contributed by atoms with Gasteiger partial charge in [-0.3, -0.25) is 4.90 Å². The molecule has 0 unspecified atom stereocenters. The van der Waals surface area contributed by atoms with Gasteiger partial charge in [0.2, 0.25) is 0 Å². The van der Waals surface area contributed by atoms with Crippen molar-refractivity contribution in [2.24, 2.45) is 5.92 Å². The maximum atomic E-state index is 9.07. The van der Waals surface area contributed by atoms with E-state index >= 15 is 0 Å². The first kappa shape index (κ1) is 12.2. The Labute approximate surface area is 106 Å². The highest BCUT2D eigenvalue weighted by Crippen LogP contribution is 2.23. The molecule has 0 amide bonds. The summed E-state index contributed by atoms with van der Waals surface area (Å²) in [5.41, 5.74) is 1.14. The lowest BCUT2D eigenvalue weighted by Gasteiger charge is -2.15. The Bertz CT molecular complexity index is 350. The lowest BCUT2D eigenvalue weighted by Crippen LogP contribution is -2.20. The minimum Gasteiger partial charge on any atom is -0.396 e. The Balaban J connectivity index is 1.99. The van der Waals surface area contributed by atoms with Gasteiger partial charge in [0.25, 0.3) is 0 Å². The van der Waals surface area contributed by atoms with Crippen LogP contribution in [0.3, 0.4) is 0 Å². The fraction of sp³-hybridized carbons (Fsp3) is 0.500. The average molecular weight is 260 g/mol. The summed E-state index contributed by atoms with van der Waals surface area (Å²) in [4.78, 5) is 2.32. The second-order valence-electron chi connectivity index (χ2n) is 4.35. The molecule has 1 aliphatic heterocycles. The third kappa shape index (κ3) is 3.11. The summed E-state index contributed by atoms with van der Waals surface area (Å²) in [5.74, 6) is 0.426. The van der Waals surface area contributed by atoms with Gasteiger partial charge in [0.05, 0.1) is 0 Å². The zero-order chi connectivity index (χ0) is 11.5. The van der Waals surface area contributed by atoms with Crippen molar-refractivity contribution in [3.63, 3.8) is 0 Å². The summed E-state index contributed by atoms with van der Waals surface area (Å²) in [6, 6.07) is 5.63. The van der Waals surface area contributed by atoms with Gasteiger partial charge in [-0.15, -0.1) is 0 Å². The smallest absolute Gasteiger partial charge is 0.0471 e. The van der Waals surface area contributed by atoms with Gasteiger partial charge < -0.3 is 5.11 Å². The van der Waals surface area contributed by atoms with Crippen LogP contribution in [0.4, 0.5) is 0 Å². The number of benzene rings is 1. The molecule has 0 aliphatic carbocycles. The van der Waals surface area contributed by atoms with E-state index in [-0.39, 0.29) is 6.61 Å². The molecule has 16 heavy (non-hydrogen) atoms. The van der Waals surface area contributed by atoms with Crippen molar-refractivity contribution in [3.8, 4) is 0 Å². The molecular formula is C12H15Cl2NO. The fourth-order valence-corrected chi connectivity index (χ4v) is 2.74. The Hall–Kier alpha value is -0.280. The molecule has 1 fully saturated rings. The van der Waals surface area contributed by atoms with Crippen molar-refractivity contribution in [3.05, 3.63) is 33.8 Å². The van der Waals surface area contributed by atoms with E-state index in [9.17, 15) is 0 Å². The Morgan fingerprint density at radius 1 is 1.25 bits per heavy atom. The highest BCUT2D eigenvalue weighted by molar-refractivity contribution is 6.34. The summed E-state index contributed by atoms with van der Waals surface area (Å²) in [6.45, 7) is 3.14. The van der Waals surface area contributed by atoms with Gasteiger partial charge in [-0.2, -0.15) is 0 Å². The second kappa shape index (κ2) is 5.37. The molecule has 1 N–H and O–H groups in total. The molecule has 1 heterocycles. The minimum absolute atomic E-state index is 0.285. The molecule has 0 spiro atoms. The quantitative estimate of drug-likeness (QED) is 0.903. The molecule has 0 bridgehead atoms. The molecule has 1 aromatic rings. The Morgan fingerprint density at radius 2 is 1.94 bits per heavy atom. The van der Waals surface area contributed by atoms with Gasteiger partial charge in [-0.05, 0) is 42.6 Å². The molecule has 4 heteroatoms. The van der Waals surface area contributed by atoms with Crippen molar-refractivity contribution in [1.29, 1.82) is 0 Å². The van der Waals surface area contributed by atoms with Crippen LogP contribution in [-0.2, 0) is 6.54 Å². The average Bonchev–Trinajstić information content (AvgIpc) is 2.64. The largest absolute Gasteiger partial charge is 0.396 e. The normalized spacial score (nSPS) is 21.6. The Morgan fingerprint density at radius 3 is 2.50 bits per heavy atom. The van der Waals surface area contributed by atoms with E-state index in [1.807, 2.05) is 12.1 Å². The van der Waals surface area contributed by atoms with Crippen LogP contribution < -0.4 is 0 Å². The lowest BCUT2D eigenvalue weighted by molar-refractivity contribution is 0.220. The number of aliphatic hydroxyl groups is 1. The monoisotopic (exact) mass is 259 g/mol. The zero-order valence-corrected chi connectivity index (χ0v) is 10.5. The summed E-state index contributed by atoms with van der Waals surface area (Å²) >= 11 is 11.9. The van der Waals surface area contributed by atoms with Crippen LogP contribution in [0, 0.1) is 5.92 Å². The van der Waals surface area contributed by atoms with Crippen LogP contribution in [0.1, 0.15) is 12.0 Å². The lowest BCUT2D eigenvalue weighted by atomic mass is 10.1. The van der Waals surface area contributed by atoms with Gasteiger partial charge >= 0.3 is 0 Å². The highest BCUT2D eigenvalue weighted by Gasteiger charge is 2.21. The zero-order valence-electron chi connectivity index (χ0n) is 9.00. The number of nitrogens with zero attached hydrogens (tertiary/aromatic N) is 1. The van der Waals surface area contributed by atoms with Crippen LogP contribution >= 0.6 is 23.2 Å². The van der Waals surface area contributed by atoms with Crippen LogP contribution in [0.25, 0.3) is 0 Å². The third-order valence-corrected chi connectivity index (χ3v) is 3.39. The fourth-order valence-electron chi connectivity index (χ4n) is 2.17. The van der Waals surface area contributed by atoms with Crippen molar-refractivity contribution < 1.29 is 5.11 Å². The van der Waals surface area contributed by atoms with Crippen LogP contribution in [0.15, 0.2) is 18.2 Å². The van der Waals surface area contributed by atoms with E-state index in [2.05, 4.69) is 4.90 Å². The van der Waals surface area contributed by atoms with E-state index in [0.29, 0.717) is 16.0 Å². The molecule has 1 aromatic carbocycles. The maximum Gasteiger partial charge on any atom is 0.0471 e.